The van der Waals surface area contributed by atoms with Gasteiger partial charge >= 0.3 is 5.97 Å². The standard InChI is InChI=1S/C12H18N2O4S2/c1-3-18-12(15)10-5-4-6-14(8-10)20(16,17)11-7-13-9(2)19-11/h7,10H,3-6,8H2,1-2H3/t10-/m0/s1. The molecule has 112 valence electrons. The summed E-state index contributed by atoms with van der Waals surface area (Å²) in [6.45, 7) is 4.46. The number of ether oxygens (including phenoxy) is 1. The minimum absolute atomic E-state index is 0.193. The lowest BCUT2D eigenvalue weighted by molar-refractivity contribution is -0.149. The minimum Gasteiger partial charge on any atom is -0.466 e. The van der Waals surface area contributed by atoms with Crippen LogP contribution in [0.15, 0.2) is 10.4 Å². The van der Waals surface area contributed by atoms with Crippen molar-refractivity contribution in [1.29, 1.82) is 0 Å². The van der Waals surface area contributed by atoms with Crippen molar-refractivity contribution < 1.29 is 17.9 Å². The SMILES string of the molecule is CCOC(=O)[C@H]1CCCN(S(=O)(=O)c2cnc(C)s2)C1. The molecule has 1 saturated heterocycles. The van der Waals surface area contributed by atoms with E-state index >= 15 is 0 Å². The molecular formula is C12H18N2O4S2. The Labute approximate surface area is 122 Å². The van der Waals surface area contributed by atoms with Gasteiger partial charge in [0.25, 0.3) is 10.0 Å². The van der Waals surface area contributed by atoms with Crippen molar-refractivity contribution in [3.05, 3.63) is 11.2 Å². The summed E-state index contributed by atoms with van der Waals surface area (Å²) >= 11 is 1.15. The van der Waals surface area contributed by atoms with Gasteiger partial charge in [-0.2, -0.15) is 4.31 Å². The summed E-state index contributed by atoms with van der Waals surface area (Å²) in [7, 11) is -3.54. The van der Waals surface area contributed by atoms with Gasteiger partial charge in [0, 0.05) is 13.1 Å². The Hall–Kier alpha value is -0.990. The first-order chi connectivity index (χ1) is 9.45. The number of piperidine rings is 1. The van der Waals surface area contributed by atoms with E-state index in [1.165, 1.54) is 10.5 Å². The van der Waals surface area contributed by atoms with Gasteiger partial charge in [0.2, 0.25) is 0 Å². The molecule has 20 heavy (non-hydrogen) atoms. The van der Waals surface area contributed by atoms with Crippen LogP contribution in [0.5, 0.6) is 0 Å². The summed E-state index contributed by atoms with van der Waals surface area (Å²) in [6.07, 6.45) is 2.72. The smallest absolute Gasteiger partial charge is 0.310 e. The van der Waals surface area contributed by atoms with Crippen molar-refractivity contribution in [3.8, 4) is 0 Å². The van der Waals surface area contributed by atoms with Gasteiger partial charge in [0.05, 0.1) is 23.7 Å². The average molecular weight is 318 g/mol. The molecule has 0 N–H and O–H groups in total. The number of sulfonamides is 1. The summed E-state index contributed by atoms with van der Waals surface area (Å²) in [5.41, 5.74) is 0. The van der Waals surface area contributed by atoms with Gasteiger partial charge in [-0.15, -0.1) is 11.3 Å². The van der Waals surface area contributed by atoms with Crippen LogP contribution in [0.2, 0.25) is 0 Å². The van der Waals surface area contributed by atoms with Crippen molar-refractivity contribution >= 4 is 27.3 Å². The number of aromatic nitrogens is 1. The van der Waals surface area contributed by atoms with Gasteiger partial charge in [-0.05, 0) is 26.7 Å². The van der Waals surface area contributed by atoms with E-state index in [0.29, 0.717) is 31.0 Å². The first kappa shape index (κ1) is 15.4. The van der Waals surface area contributed by atoms with Crippen molar-refractivity contribution in [3.63, 3.8) is 0 Å². The van der Waals surface area contributed by atoms with Gasteiger partial charge in [0.15, 0.2) is 4.21 Å². The molecule has 1 aliphatic rings. The second-order valence-corrected chi connectivity index (χ2v) is 8.05. The molecule has 8 heteroatoms. The van der Waals surface area contributed by atoms with Crippen molar-refractivity contribution in [2.45, 2.75) is 30.9 Å². The quantitative estimate of drug-likeness (QED) is 0.785. The van der Waals surface area contributed by atoms with E-state index in [1.54, 1.807) is 13.8 Å². The van der Waals surface area contributed by atoms with Crippen LogP contribution in [0.1, 0.15) is 24.8 Å². The van der Waals surface area contributed by atoms with Crippen LogP contribution in [0.25, 0.3) is 0 Å². The third-order valence-electron chi connectivity index (χ3n) is 3.20. The molecule has 2 rings (SSSR count). The zero-order valence-corrected chi connectivity index (χ0v) is 13.2. The number of carbonyl (C=O) groups excluding carboxylic acids is 1. The molecule has 1 aliphatic heterocycles. The Morgan fingerprint density at radius 2 is 2.35 bits per heavy atom. The van der Waals surface area contributed by atoms with Crippen molar-refractivity contribution in [2.24, 2.45) is 5.92 Å². The summed E-state index contributed by atoms with van der Waals surface area (Å²) in [4.78, 5) is 15.7. The van der Waals surface area contributed by atoms with Crippen LogP contribution in [0.4, 0.5) is 0 Å². The van der Waals surface area contributed by atoms with E-state index in [9.17, 15) is 13.2 Å². The Morgan fingerprint density at radius 1 is 1.60 bits per heavy atom. The van der Waals surface area contributed by atoms with Crippen LogP contribution in [0, 0.1) is 12.8 Å². The Kier molecular flexibility index (Phi) is 4.77. The van der Waals surface area contributed by atoms with Gasteiger partial charge < -0.3 is 4.74 Å². The highest BCUT2D eigenvalue weighted by atomic mass is 32.2. The maximum absolute atomic E-state index is 12.5. The lowest BCUT2D eigenvalue weighted by atomic mass is 10.0. The predicted octanol–water partition coefficient (Wildman–Crippen LogP) is 1.42. The summed E-state index contributed by atoms with van der Waals surface area (Å²) in [5, 5.41) is 0.711. The molecule has 0 bridgehead atoms. The van der Waals surface area contributed by atoms with E-state index in [-0.39, 0.29) is 22.6 Å². The van der Waals surface area contributed by atoms with E-state index in [4.69, 9.17) is 4.74 Å². The van der Waals surface area contributed by atoms with E-state index in [2.05, 4.69) is 4.98 Å². The van der Waals surface area contributed by atoms with E-state index in [1.807, 2.05) is 0 Å². The van der Waals surface area contributed by atoms with Gasteiger partial charge in [-0.25, -0.2) is 13.4 Å². The molecule has 2 heterocycles. The Morgan fingerprint density at radius 3 is 2.95 bits per heavy atom. The second-order valence-electron chi connectivity index (χ2n) is 4.65. The molecule has 0 unspecified atom stereocenters. The number of hydrogen-bond acceptors (Lipinski definition) is 6. The molecule has 0 saturated carbocycles. The molecule has 6 nitrogen and oxygen atoms in total. The minimum atomic E-state index is -3.54. The van der Waals surface area contributed by atoms with Crippen LogP contribution in [0.3, 0.4) is 0 Å². The highest BCUT2D eigenvalue weighted by Gasteiger charge is 2.34. The van der Waals surface area contributed by atoms with Crippen molar-refractivity contribution in [2.75, 3.05) is 19.7 Å². The van der Waals surface area contributed by atoms with Crippen LogP contribution >= 0.6 is 11.3 Å². The fourth-order valence-corrected chi connectivity index (χ4v) is 4.99. The average Bonchev–Trinajstić information content (AvgIpc) is 2.86. The highest BCUT2D eigenvalue weighted by Crippen LogP contribution is 2.27. The first-order valence-electron chi connectivity index (χ1n) is 6.54. The van der Waals surface area contributed by atoms with Gasteiger partial charge in [0.1, 0.15) is 0 Å². The number of rotatable bonds is 4. The maximum atomic E-state index is 12.5. The van der Waals surface area contributed by atoms with Crippen molar-refractivity contribution in [1.82, 2.24) is 9.29 Å². The number of carbonyl (C=O) groups is 1. The summed E-state index contributed by atoms with van der Waals surface area (Å²) < 4.78 is 31.5. The van der Waals surface area contributed by atoms with Gasteiger partial charge in [-0.3, -0.25) is 4.79 Å². The molecular weight excluding hydrogens is 300 g/mol. The first-order valence-corrected chi connectivity index (χ1v) is 8.80. The Bertz CT molecular complexity index is 582. The normalized spacial score (nSPS) is 20.8. The zero-order chi connectivity index (χ0) is 14.8. The number of esters is 1. The molecule has 0 aromatic carbocycles. The fraction of sp³-hybridized carbons (Fsp3) is 0.667. The van der Waals surface area contributed by atoms with Crippen LogP contribution in [-0.4, -0.2) is 43.4 Å². The summed E-state index contributed by atoms with van der Waals surface area (Å²) in [5.74, 6) is -0.680. The summed E-state index contributed by atoms with van der Waals surface area (Å²) in [6, 6.07) is 0. The van der Waals surface area contributed by atoms with Crippen LogP contribution in [-0.2, 0) is 19.6 Å². The monoisotopic (exact) mass is 318 g/mol. The molecule has 0 spiro atoms. The zero-order valence-electron chi connectivity index (χ0n) is 11.5. The molecule has 0 aliphatic carbocycles. The number of thiazole rings is 1. The number of hydrogen-bond donors (Lipinski definition) is 0. The maximum Gasteiger partial charge on any atom is 0.310 e. The van der Waals surface area contributed by atoms with E-state index in [0.717, 1.165) is 11.3 Å². The van der Waals surface area contributed by atoms with Gasteiger partial charge in [-0.1, -0.05) is 0 Å². The van der Waals surface area contributed by atoms with Crippen LogP contribution < -0.4 is 0 Å². The second kappa shape index (κ2) is 6.19. The lowest BCUT2D eigenvalue weighted by Gasteiger charge is -2.30. The Balaban J connectivity index is 2.14. The fourth-order valence-electron chi connectivity index (χ4n) is 2.20. The molecule has 1 aromatic rings. The predicted molar refractivity (Wildman–Crippen MR) is 75.0 cm³/mol. The van der Waals surface area contributed by atoms with E-state index < -0.39 is 10.0 Å². The number of nitrogens with zero attached hydrogens (tertiary/aromatic N) is 2. The highest BCUT2D eigenvalue weighted by molar-refractivity contribution is 7.91. The molecule has 0 amide bonds. The third kappa shape index (κ3) is 3.18. The third-order valence-corrected chi connectivity index (χ3v) is 6.41. The largest absolute Gasteiger partial charge is 0.466 e. The topological polar surface area (TPSA) is 76.6 Å². The number of aryl methyl sites for hydroxylation is 1. The lowest BCUT2D eigenvalue weighted by Crippen LogP contribution is -2.42. The molecule has 1 aromatic heterocycles. The molecule has 1 atom stereocenters. The molecule has 0 radical (unpaired) electrons. The molecule has 1 fully saturated rings.